The summed E-state index contributed by atoms with van der Waals surface area (Å²) in [6.45, 7) is 8.02. The summed E-state index contributed by atoms with van der Waals surface area (Å²) in [6, 6.07) is 8.12. The molecule has 6 heteroatoms. The monoisotopic (exact) mass is 374 g/mol. The molecule has 1 aromatic carbocycles. The summed E-state index contributed by atoms with van der Waals surface area (Å²) in [5, 5.41) is 13.7. The van der Waals surface area contributed by atoms with E-state index in [-0.39, 0.29) is 12.6 Å². The Labute approximate surface area is 160 Å². The summed E-state index contributed by atoms with van der Waals surface area (Å²) in [5.41, 5.74) is 3.61. The number of aliphatic hydroxyl groups excluding tert-OH is 1. The van der Waals surface area contributed by atoms with Crippen LogP contribution in [0.2, 0.25) is 5.02 Å². The highest BCUT2D eigenvalue weighted by Crippen LogP contribution is 2.26. The lowest BCUT2D eigenvalue weighted by atomic mass is 10.00. The Hall–Kier alpha value is -1.85. The molecule has 1 aliphatic heterocycles. The van der Waals surface area contributed by atoms with E-state index in [0.717, 1.165) is 42.5 Å². The predicted octanol–water partition coefficient (Wildman–Crippen LogP) is 3.68. The van der Waals surface area contributed by atoms with E-state index < -0.39 is 0 Å². The van der Waals surface area contributed by atoms with Gasteiger partial charge in [0.25, 0.3) is 0 Å². The number of nitrogens with zero attached hydrogens (tertiary/aromatic N) is 3. The van der Waals surface area contributed by atoms with Gasteiger partial charge >= 0.3 is 0 Å². The van der Waals surface area contributed by atoms with Crippen LogP contribution < -0.4 is 10.2 Å². The smallest absolute Gasteiger partial charge is 0.225 e. The van der Waals surface area contributed by atoms with Crippen LogP contribution in [0.25, 0.3) is 0 Å². The summed E-state index contributed by atoms with van der Waals surface area (Å²) in [6.07, 6.45) is 1.80. The fourth-order valence-corrected chi connectivity index (χ4v) is 3.39. The van der Waals surface area contributed by atoms with Gasteiger partial charge < -0.3 is 15.3 Å². The first-order chi connectivity index (χ1) is 12.5. The number of aliphatic hydroxyl groups is 1. The van der Waals surface area contributed by atoms with Crippen molar-refractivity contribution in [1.29, 1.82) is 0 Å². The Balaban J connectivity index is 1.85. The molecule has 5 nitrogen and oxygen atoms in total. The molecule has 0 fully saturated rings. The summed E-state index contributed by atoms with van der Waals surface area (Å²) in [7, 11) is 0. The first kappa shape index (κ1) is 18.9. The topological polar surface area (TPSA) is 61.3 Å². The Bertz CT molecular complexity index is 765. The maximum Gasteiger partial charge on any atom is 0.225 e. The number of rotatable bonds is 6. The highest BCUT2D eigenvalue weighted by atomic mass is 35.5. The Morgan fingerprint density at radius 2 is 2.04 bits per heavy atom. The third-order valence-electron chi connectivity index (χ3n) is 4.95. The van der Waals surface area contributed by atoms with Crippen LogP contribution in [0.15, 0.2) is 24.3 Å². The molecule has 3 rings (SSSR count). The zero-order chi connectivity index (χ0) is 18.7. The van der Waals surface area contributed by atoms with E-state index in [1.807, 2.05) is 6.07 Å². The summed E-state index contributed by atoms with van der Waals surface area (Å²) in [4.78, 5) is 11.6. The summed E-state index contributed by atoms with van der Waals surface area (Å²) >= 11 is 6.12. The number of anilines is 2. The molecule has 0 unspecified atom stereocenters. The van der Waals surface area contributed by atoms with Gasteiger partial charge in [0.05, 0.1) is 12.6 Å². The van der Waals surface area contributed by atoms with Gasteiger partial charge in [-0.2, -0.15) is 4.98 Å². The molecule has 0 spiro atoms. The third-order valence-corrected chi connectivity index (χ3v) is 5.18. The quantitative estimate of drug-likeness (QED) is 0.807. The molecule has 1 aromatic heterocycles. The fraction of sp³-hybridized carbons (Fsp3) is 0.500. The van der Waals surface area contributed by atoms with Crippen molar-refractivity contribution in [3.05, 3.63) is 46.1 Å². The lowest BCUT2D eigenvalue weighted by molar-refractivity contribution is 0.248. The van der Waals surface area contributed by atoms with E-state index in [0.29, 0.717) is 11.9 Å². The van der Waals surface area contributed by atoms with Crippen LogP contribution in [0.1, 0.15) is 37.6 Å². The summed E-state index contributed by atoms with van der Waals surface area (Å²) in [5.74, 6) is 1.82. The van der Waals surface area contributed by atoms with Gasteiger partial charge in [0.2, 0.25) is 5.95 Å². The minimum atomic E-state index is -0.0563. The number of aryl methyl sites for hydroxylation is 1. The van der Waals surface area contributed by atoms with Crippen molar-refractivity contribution in [3.8, 4) is 0 Å². The second-order valence-corrected chi connectivity index (χ2v) is 7.59. The Kier molecular flexibility index (Phi) is 5.99. The first-order valence-electron chi connectivity index (χ1n) is 9.27. The van der Waals surface area contributed by atoms with Crippen molar-refractivity contribution < 1.29 is 5.11 Å². The Morgan fingerprint density at radius 1 is 1.23 bits per heavy atom. The molecule has 0 radical (unpaired) electrons. The van der Waals surface area contributed by atoms with E-state index >= 15 is 0 Å². The van der Waals surface area contributed by atoms with Gasteiger partial charge in [-0.1, -0.05) is 38.4 Å². The van der Waals surface area contributed by atoms with E-state index in [1.54, 1.807) is 0 Å². The molecule has 0 amide bonds. The maximum atomic E-state index is 9.59. The van der Waals surface area contributed by atoms with Gasteiger partial charge in [0, 0.05) is 29.9 Å². The van der Waals surface area contributed by atoms with Crippen LogP contribution in [-0.4, -0.2) is 34.3 Å². The second-order valence-electron chi connectivity index (χ2n) is 7.16. The number of fused-ring (bicyclic) bond motifs is 1. The van der Waals surface area contributed by atoms with E-state index in [9.17, 15) is 5.11 Å². The van der Waals surface area contributed by atoms with Crippen LogP contribution in [-0.2, 0) is 19.4 Å². The van der Waals surface area contributed by atoms with Crippen LogP contribution in [0.5, 0.6) is 0 Å². The van der Waals surface area contributed by atoms with Crippen LogP contribution >= 0.6 is 11.6 Å². The molecule has 2 N–H and O–H groups in total. The molecule has 2 aromatic rings. The molecular formula is C20H27ClN4O. The number of benzene rings is 1. The van der Waals surface area contributed by atoms with Crippen molar-refractivity contribution in [1.82, 2.24) is 9.97 Å². The van der Waals surface area contributed by atoms with Gasteiger partial charge in [0.1, 0.15) is 5.82 Å². The molecule has 0 saturated heterocycles. The molecule has 26 heavy (non-hydrogen) atoms. The average Bonchev–Trinajstić information content (AvgIpc) is 2.65. The van der Waals surface area contributed by atoms with E-state index in [4.69, 9.17) is 16.6 Å². The van der Waals surface area contributed by atoms with Gasteiger partial charge in [-0.3, -0.25) is 0 Å². The zero-order valence-electron chi connectivity index (χ0n) is 15.7. The largest absolute Gasteiger partial charge is 0.394 e. The highest BCUT2D eigenvalue weighted by molar-refractivity contribution is 6.30. The minimum Gasteiger partial charge on any atom is -0.394 e. The molecule has 140 valence electrons. The van der Waals surface area contributed by atoms with Gasteiger partial charge in [-0.05, 0) is 42.0 Å². The third kappa shape index (κ3) is 4.27. The molecule has 1 atom stereocenters. The van der Waals surface area contributed by atoms with Crippen molar-refractivity contribution in [2.75, 3.05) is 23.4 Å². The van der Waals surface area contributed by atoms with Crippen molar-refractivity contribution in [2.24, 2.45) is 5.92 Å². The standard InChI is InChI=1S/C20H27ClN4O/c1-4-17-10-19(24-20(22-17)23-18(12-26)13(2)3)25-8-7-14-9-16(21)6-5-15(14)11-25/h5-6,9-10,13,18,26H,4,7-8,11-12H2,1-3H3,(H,22,23,24)/t18-/m0/s1. The molecule has 0 bridgehead atoms. The normalized spacial score (nSPS) is 15.1. The lowest BCUT2D eigenvalue weighted by Gasteiger charge is -2.30. The molecule has 0 aliphatic carbocycles. The van der Waals surface area contributed by atoms with Crippen molar-refractivity contribution >= 4 is 23.4 Å². The van der Waals surface area contributed by atoms with E-state index in [1.165, 1.54) is 11.1 Å². The molecule has 1 aliphatic rings. The van der Waals surface area contributed by atoms with Crippen LogP contribution in [0, 0.1) is 5.92 Å². The molecule has 2 heterocycles. The first-order valence-corrected chi connectivity index (χ1v) is 9.65. The Morgan fingerprint density at radius 3 is 2.73 bits per heavy atom. The average molecular weight is 375 g/mol. The van der Waals surface area contributed by atoms with E-state index in [2.05, 4.69) is 54.2 Å². The highest BCUT2D eigenvalue weighted by Gasteiger charge is 2.20. The second kappa shape index (κ2) is 8.23. The zero-order valence-corrected chi connectivity index (χ0v) is 16.4. The number of nitrogens with one attached hydrogen (secondary N) is 1. The number of halogens is 1. The predicted molar refractivity (Wildman–Crippen MR) is 107 cm³/mol. The van der Waals surface area contributed by atoms with Gasteiger partial charge in [0.15, 0.2) is 0 Å². The molecular weight excluding hydrogens is 348 g/mol. The SMILES string of the molecule is CCc1cc(N2CCc3cc(Cl)ccc3C2)nc(N[C@@H](CO)C(C)C)n1. The van der Waals surface area contributed by atoms with Gasteiger partial charge in [-0.25, -0.2) is 4.98 Å². The fourth-order valence-electron chi connectivity index (χ4n) is 3.20. The van der Waals surface area contributed by atoms with Gasteiger partial charge in [-0.15, -0.1) is 0 Å². The molecule has 0 saturated carbocycles. The van der Waals surface area contributed by atoms with Crippen LogP contribution in [0.4, 0.5) is 11.8 Å². The van der Waals surface area contributed by atoms with Crippen molar-refractivity contribution in [3.63, 3.8) is 0 Å². The number of hydrogen-bond acceptors (Lipinski definition) is 5. The number of aromatic nitrogens is 2. The minimum absolute atomic E-state index is 0.0563. The summed E-state index contributed by atoms with van der Waals surface area (Å²) < 4.78 is 0. The van der Waals surface area contributed by atoms with Crippen LogP contribution in [0.3, 0.4) is 0 Å². The van der Waals surface area contributed by atoms with Crippen molar-refractivity contribution in [2.45, 2.75) is 46.2 Å². The number of hydrogen-bond donors (Lipinski definition) is 2. The maximum absolute atomic E-state index is 9.59. The lowest BCUT2D eigenvalue weighted by Crippen LogP contribution is -2.33.